The van der Waals surface area contributed by atoms with E-state index in [9.17, 15) is 23.1 Å². The fraction of sp³-hybridized carbons (Fsp3) is 0.480. The molecule has 0 bridgehead atoms. The number of aliphatic carboxylic acids is 1. The van der Waals surface area contributed by atoms with E-state index in [2.05, 4.69) is 17.1 Å². The maximum Gasteiger partial charge on any atom is 0.416 e. The predicted molar refractivity (Wildman–Crippen MR) is 125 cm³/mol. The maximum absolute atomic E-state index is 13.0. The second-order valence-electron chi connectivity index (χ2n) is 8.36. The lowest BCUT2D eigenvalue weighted by molar-refractivity contribution is -0.138. The number of hydrogen-bond acceptors (Lipinski definition) is 5. The van der Waals surface area contributed by atoms with E-state index in [1.807, 2.05) is 18.2 Å². The smallest absolute Gasteiger partial charge is 0.416 e. The first-order chi connectivity index (χ1) is 16.2. The zero-order valence-corrected chi connectivity index (χ0v) is 19.4. The second kappa shape index (κ2) is 11.6. The van der Waals surface area contributed by atoms with Crippen LogP contribution in [0.15, 0.2) is 42.5 Å². The Morgan fingerprint density at radius 1 is 1.21 bits per heavy atom. The summed E-state index contributed by atoms with van der Waals surface area (Å²) in [7, 11) is 1.52. The van der Waals surface area contributed by atoms with Crippen molar-refractivity contribution in [2.45, 2.75) is 44.3 Å². The molecule has 1 aliphatic rings. The fourth-order valence-electron chi connectivity index (χ4n) is 4.36. The van der Waals surface area contributed by atoms with Crippen molar-refractivity contribution in [1.82, 2.24) is 0 Å². The number of carboxylic acids is 1. The van der Waals surface area contributed by atoms with E-state index in [0.29, 0.717) is 24.6 Å². The number of nitrogens with one attached hydrogen (secondary N) is 1. The minimum Gasteiger partial charge on any atom is -0.481 e. The van der Waals surface area contributed by atoms with Crippen LogP contribution in [0.5, 0.6) is 0 Å². The van der Waals surface area contributed by atoms with Crippen LogP contribution in [0.4, 0.5) is 30.2 Å². The molecule has 0 unspecified atom stereocenters. The third kappa shape index (κ3) is 6.64. The summed E-state index contributed by atoms with van der Waals surface area (Å²) in [6.45, 7) is 4.39. The van der Waals surface area contributed by atoms with Gasteiger partial charge in [-0.1, -0.05) is 6.07 Å². The van der Waals surface area contributed by atoms with Gasteiger partial charge in [-0.05, 0) is 61.7 Å². The van der Waals surface area contributed by atoms with Gasteiger partial charge in [-0.25, -0.2) is 0 Å². The predicted octanol–water partition coefficient (Wildman–Crippen LogP) is 5.66. The lowest BCUT2D eigenvalue weighted by Gasteiger charge is -2.37. The number of carbonyl (C=O) groups is 1. The SMILES string of the molecule is CCN(c1ccc([C@@H](COC)CC(=O)O)cc1Nc1ccc(C(F)(F)F)cc1)C1CCOCC1. The van der Waals surface area contributed by atoms with Crippen molar-refractivity contribution in [2.24, 2.45) is 0 Å². The first kappa shape index (κ1) is 25.8. The summed E-state index contributed by atoms with van der Waals surface area (Å²) < 4.78 is 49.7. The lowest BCUT2D eigenvalue weighted by atomic mass is 9.94. The van der Waals surface area contributed by atoms with Crippen LogP contribution >= 0.6 is 0 Å². The Labute approximate surface area is 197 Å². The van der Waals surface area contributed by atoms with E-state index in [4.69, 9.17) is 9.47 Å². The summed E-state index contributed by atoms with van der Waals surface area (Å²) in [6, 6.07) is 10.9. The molecule has 1 heterocycles. The molecule has 3 rings (SSSR count). The van der Waals surface area contributed by atoms with Gasteiger partial charge in [-0.3, -0.25) is 4.79 Å². The molecule has 9 heteroatoms. The van der Waals surface area contributed by atoms with Crippen LogP contribution in [0.25, 0.3) is 0 Å². The highest BCUT2D eigenvalue weighted by molar-refractivity contribution is 5.77. The number of anilines is 3. The van der Waals surface area contributed by atoms with Crippen molar-refractivity contribution in [3.05, 3.63) is 53.6 Å². The molecule has 0 saturated carbocycles. The molecular formula is C25H31F3N2O4. The van der Waals surface area contributed by atoms with Crippen molar-refractivity contribution in [1.29, 1.82) is 0 Å². The number of rotatable bonds is 10. The number of carboxylic acid groups (broad SMARTS) is 1. The number of methoxy groups -OCH3 is 1. The summed E-state index contributed by atoms with van der Waals surface area (Å²) in [6.07, 6.45) is -2.75. The van der Waals surface area contributed by atoms with Gasteiger partial charge in [0.15, 0.2) is 0 Å². The van der Waals surface area contributed by atoms with Crippen LogP contribution in [0, 0.1) is 0 Å². The Morgan fingerprint density at radius 2 is 1.88 bits per heavy atom. The fourth-order valence-corrected chi connectivity index (χ4v) is 4.36. The Balaban J connectivity index is 1.99. The van der Waals surface area contributed by atoms with Gasteiger partial charge < -0.3 is 24.8 Å². The molecule has 1 aliphatic heterocycles. The Hall–Kier alpha value is -2.78. The summed E-state index contributed by atoms with van der Waals surface area (Å²) in [4.78, 5) is 13.7. The topological polar surface area (TPSA) is 71.0 Å². The molecule has 1 saturated heterocycles. The second-order valence-corrected chi connectivity index (χ2v) is 8.36. The van der Waals surface area contributed by atoms with E-state index >= 15 is 0 Å². The Bertz CT molecular complexity index is 944. The quantitative estimate of drug-likeness (QED) is 0.457. The highest BCUT2D eigenvalue weighted by Crippen LogP contribution is 2.36. The number of hydrogen-bond donors (Lipinski definition) is 2. The third-order valence-electron chi connectivity index (χ3n) is 6.05. The summed E-state index contributed by atoms with van der Waals surface area (Å²) in [5, 5.41) is 12.6. The highest BCUT2D eigenvalue weighted by atomic mass is 19.4. The molecule has 2 aromatic rings. The number of benzene rings is 2. The van der Waals surface area contributed by atoms with Crippen molar-refractivity contribution < 1.29 is 32.5 Å². The van der Waals surface area contributed by atoms with Crippen LogP contribution in [0.1, 0.15) is 43.2 Å². The Morgan fingerprint density at radius 3 is 2.44 bits per heavy atom. The van der Waals surface area contributed by atoms with E-state index in [-0.39, 0.29) is 25.0 Å². The highest BCUT2D eigenvalue weighted by Gasteiger charge is 2.30. The molecule has 0 radical (unpaired) electrons. The zero-order chi connectivity index (χ0) is 24.7. The normalized spacial score (nSPS) is 15.7. The zero-order valence-electron chi connectivity index (χ0n) is 19.4. The van der Waals surface area contributed by atoms with Crippen LogP contribution in [0.3, 0.4) is 0 Å². The molecule has 0 aromatic heterocycles. The molecule has 2 aromatic carbocycles. The molecule has 0 aliphatic carbocycles. The molecule has 34 heavy (non-hydrogen) atoms. The van der Waals surface area contributed by atoms with Crippen molar-refractivity contribution in [3.63, 3.8) is 0 Å². The van der Waals surface area contributed by atoms with Crippen molar-refractivity contribution >= 4 is 23.0 Å². The average molecular weight is 481 g/mol. The van der Waals surface area contributed by atoms with E-state index in [0.717, 1.165) is 42.8 Å². The average Bonchev–Trinajstić information content (AvgIpc) is 2.80. The minimum absolute atomic E-state index is 0.0929. The molecule has 2 N–H and O–H groups in total. The minimum atomic E-state index is -4.41. The Kier molecular flexibility index (Phi) is 8.79. The van der Waals surface area contributed by atoms with Crippen molar-refractivity contribution in [3.8, 4) is 0 Å². The molecule has 186 valence electrons. The molecule has 1 fully saturated rings. The van der Waals surface area contributed by atoms with Gasteiger partial charge in [0.25, 0.3) is 0 Å². The van der Waals surface area contributed by atoms with Crippen LogP contribution in [-0.4, -0.2) is 50.6 Å². The molecular weight excluding hydrogens is 449 g/mol. The van der Waals surface area contributed by atoms with Gasteiger partial charge in [0.05, 0.1) is 30.0 Å². The summed E-state index contributed by atoms with van der Waals surface area (Å²) >= 11 is 0. The molecule has 0 amide bonds. The first-order valence-electron chi connectivity index (χ1n) is 11.4. The molecule has 6 nitrogen and oxygen atoms in total. The number of ether oxygens (including phenoxy) is 2. The largest absolute Gasteiger partial charge is 0.481 e. The van der Waals surface area contributed by atoms with E-state index < -0.39 is 17.7 Å². The lowest BCUT2D eigenvalue weighted by Crippen LogP contribution is -2.39. The van der Waals surface area contributed by atoms with Gasteiger partial charge in [-0.15, -0.1) is 0 Å². The van der Waals surface area contributed by atoms with Gasteiger partial charge in [0, 0.05) is 44.5 Å². The number of halogens is 3. The monoisotopic (exact) mass is 480 g/mol. The van der Waals surface area contributed by atoms with Crippen LogP contribution < -0.4 is 10.2 Å². The summed E-state index contributed by atoms with van der Waals surface area (Å²) in [5.74, 6) is -1.29. The van der Waals surface area contributed by atoms with Crippen LogP contribution in [-0.2, 0) is 20.4 Å². The summed E-state index contributed by atoms with van der Waals surface area (Å²) in [5.41, 5.74) is 2.19. The maximum atomic E-state index is 13.0. The van der Waals surface area contributed by atoms with Crippen molar-refractivity contribution in [2.75, 3.05) is 43.7 Å². The standard InChI is InChI=1S/C25H31F3N2O4/c1-3-30(21-10-12-34-13-11-21)23-9-4-17(18(16-33-2)15-24(31)32)14-22(23)29-20-7-5-19(6-8-20)25(26,27)28/h4-9,14,18,21,29H,3,10-13,15-16H2,1-2H3,(H,31,32)/t18-/m1/s1. The van der Waals surface area contributed by atoms with Crippen LogP contribution in [0.2, 0.25) is 0 Å². The molecule has 0 spiro atoms. The van der Waals surface area contributed by atoms with E-state index in [1.165, 1.54) is 19.2 Å². The molecule has 1 atom stereocenters. The van der Waals surface area contributed by atoms with E-state index in [1.54, 1.807) is 0 Å². The van der Waals surface area contributed by atoms with Gasteiger partial charge >= 0.3 is 12.1 Å². The van der Waals surface area contributed by atoms with Gasteiger partial charge in [0.1, 0.15) is 0 Å². The van der Waals surface area contributed by atoms with Gasteiger partial charge in [-0.2, -0.15) is 13.2 Å². The number of alkyl halides is 3. The van der Waals surface area contributed by atoms with Gasteiger partial charge in [0.2, 0.25) is 0 Å². The number of nitrogens with zero attached hydrogens (tertiary/aromatic N) is 1. The third-order valence-corrected chi connectivity index (χ3v) is 6.05. The first-order valence-corrected chi connectivity index (χ1v) is 11.4.